The standard InChI is InChI=1S/C22H37N5O3S2/c1-16-20(32(29,30)26-17-12-14-23-15-13-17)31-21(24-16)25-22(28)27(18-8-4-2-5-9-18)19-10-6-3-7-11-19/h17-19,23,26H,2-15H2,1H3,(H,24,25,28). The summed E-state index contributed by atoms with van der Waals surface area (Å²) in [6.45, 7) is 3.33. The SMILES string of the molecule is Cc1nc(NC(=O)N(C2CCCCC2)C2CCCCC2)sc1S(=O)(=O)NC1CCNCC1. The molecule has 1 aromatic heterocycles. The number of hydrogen-bond donors (Lipinski definition) is 3. The lowest BCUT2D eigenvalue weighted by Crippen LogP contribution is -2.50. The van der Waals surface area contributed by atoms with Gasteiger partial charge in [0, 0.05) is 18.1 Å². The van der Waals surface area contributed by atoms with Crippen molar-refractivity contribution < 1.29 is 13.2 Å². The van der Waals surface area contributed by atoms with Gasteiger partial charge in [-0.05, 0) is 58.5 Å². The van der Waals surface area contributed by atoms with E-state index >= 15 is 0 Å². The van der Waals surface area contributed by atoms with Crippen molar-refractivity contribution >= 4 is 32.5 Å². The van der Waals surface area contributed by atoms with Gasteiger partial charge in [0.2, 0.25) is 0 Å². The molecule has 3 aliphatic rings. The van der Waals surface area contributed by atoms with Crippen LogP contribution in [0.15, 0.2) is 4.21 Å². The fraction of sp³-hybridized carbons (Fsp3) is 0.818. The number of amides is 2. The summed E-state index contributed by atoms with van der Waals surface area (Å²) in [5.74, 6) is 0. The number of rotatable bonds is 6. The monoisotopic (exact) mass is 483 g/mol. The van der Waals surface area contributed by atoms with E-state index in [1.54, 1.807) is 6.92 Å². The third-order valence-corrected chi connectivity index (χ3v) is 10.2. The van der Waals surface area contributed by atoms with Crippen LogP contribution >= 0.6 is 11.3 Å². The molecule has 0 bridgehead atoms. The molecule has 32 heavy (non-hydrogen) atoms. The van der Waals surface area contributed by atoms with Gasteiger partial charge >= 0.3 is 6.03 Å². The third kappa shape index (κ3) is 5.81. The minimum Gasteiger partial charge on any atom is -0.319 e. The Labute approximate surface area is 196 Å². The number of nitrogens with zero attached hydrogens (tertiary/aromatic N) is 2. The zero-order valence-corrected chi connectivity index (χ0v) is 20.7. The van der Waals surface area contributed by atoms with Crippen molar-refractivity contribution in [2.24, 2.45) is 0 Å². The average Bonchev–Trinajstić information content (AvgIpc) is 3.17. The van der Waals surface area contributed by atoms with Gasteiger partial charge in [0.15, 0.2) is 9.34 Å². The smallest absolute Gasteiger partial charge is 0.319 e. The fourth-order valence-electron chi connectivity index (χ4n) is 5.40. The van der Waals surface area contributed by atoms with E-state index in [-0.39, 0.29) is 28.4 Å². The lowest BCUT2D eigenvalue weighted by molar-refractivity contribution is 0.114. The molecule has 2 saturated carbocycles. The first kappa shape index (κ1) is 23.9. The van der Waals surface area contributed by atoms with E-state index in [9.17, 15) is 13.2 Å². The molecule has 1 aromatic rings. The number of urea groups is 1. The van der Waals surface area contributed by atoms with Crippen molar-refractivity contribution in [1.82, 2.24) is 19.9 Å². The Morgan fingerprint density at radius 1 is 0.969 bits per heavy atom. The van der Waals surface area contributed by atoms with Crippen LogP contribution in [0.2, 0.25) is 0 Å². The number of thiazole rings is 1. The molecular formula is C22H37N5O3S2. The lowest BCUT2D eigenvalue weighted by atomic mass is 9.89. The van der Waals surface area contributed by atoms with E-state index in [1.165, 1.54) is 38.5 Å². The maximum atomic E-state index is 13.4. The molecule has 0 atom stereocenters. The molecule has 10 heteroatoms. The Balaban J connectivity index is 1.47. The summed E-state index contributed by atoms with van der Waals surface area (Å²) in [7, 11) is -3.65. The second kappa shape index (κ2) is 10.8. The normalized spacial score (nSPS) is 22.0. The lowest BCUT2D eigenvalue weighted by Gasteiger charge is -2.41. The highest BCUT2D eigenvalue weighted by molar-refractivity contribution is 7.91. The molecule has 1 aliphatic heterocycles. The van der Waals surface area contributed by atoms with E-state index in [2.05, 4.69) is 25.2 Å². The van der Waals surface area contributed by atoms with Crippen molar-refractivity contribution in [3.63, 3.8) is 0 Å². The summed E-state index contributed by atoms with van der Waals surface area (Å²) in [6.07, 6.45) is 12.9. The summed E-state index contributed by atoms with van der Waals surface area (Å²) in [5.41, 5.74) is 0.439. The highest BCUT2D eigenvalue weighted by atomic mass is 32.2. The number of anilines is 1. The Morgan fingerprint density at radius 3 is 2.09 bits per heavy atom. The quantitative estimate of drug-likeness (QED) is 0.568. The average molecular weight is 484 g/mol. The molecule has 2 heterocycles. The van der Waals surface area contributed by atoms with Crippen LogP contribution in [0.3, 0.4) is 0 Å². The first-order valence-corrected chi connectivity index (χ1v) is 14.5. The van der Waals surface area contributed by atoms with Crippen LogP contribution in [0, 0.1) is 6.92 Å². The minimum atomic E-state index is -3.65. The number of sulfonamides is 1. The van der Waals surface area contributed by atoms with E-state index in [0.717, 1.165) is 63.0 Å². The van der Waals surface area contributed by atoms with Gasteiger partial charge in [0.1, 0.15) is 0 Å². The maximum absolute atomic E-state index is 13.4. The van der Waals surface area contributed by atoms with Crippen LogP contribution in [0.5, 0.6) is 0 Å². The van der Waals surface area contributed by atoms with Crippen molar-refractivity contribution in [2.75, 3.05) is 18.4 Å². The highest BCUT2D eigenvalue weighted by Gasteiger charge is 2.33. The second-order valence-electron chi connectivity index (χ2n) is 9.46. The second-order valence-corrected chi connectivity index (χ2v) is 12.4. The maximum Gasteiger partial charge on any atom is 0.324 e. The number of nitrogens with one attached hydrogen (secondary N) is 3. The summed E-state index contributed by atoms with van der Waals surface area (Å²) >= 11 is 1.06. The van der Waals surface area contributed by atoms with Gasteiger partial charge in [-0.15, -0.1) is 0 Å². The van der Waals surface area contributed by atoms with Crippen LogP contribution < -0.4 is 15.4 Å². The zero-order chi connectivity index (χ0) is 22.6. The summed E-state index contributed by atoms with van der Waals surface area (Å²) in [5, 5.41) is 6.58. The number of aryl methyl sites for hydroxylation is 1. The minimum absolute atomic E-state index is 0.0612. The van der Waals surface area contributed by atoms with Gasteiger partial charge in [-0.1, -0.05) is 49.9 Å². The topological polar surface area (TPSA) is 103 Å². The summed E-state index contributed by atoms with van der Waals surface area (Å²) in [4.78, 5) is 19.9. The number of aromatic nitrogens is 1. The van der Waals surface area contributed by atoms with Gasteiger partial charge < -0.3 is 10.2 Å². The third-order valence-electron chi connectivity index (χ3n) is 7.04. The molecule has 3 N–H and O–H groups in total. The first-order chi connectivity index (χ1) is 15.4. The molecular weight excluding hydrogens is 446 g/mol. The van der Waals surface area contributed by atoms with Crippen LogP contribution in [0.25, 0.3) is 0 Å². The largest absolute Gasteiger partial charge is 0.324 e. The van der Waals surface area contributed by atoms with Crippen molar-refractivity contribution in [1.29, 1.82) is 0 Å². The van der Waals surface area contributed by atoms with Crippen molar-refractivity contribution in [3.05, 3.63) is 5.69 Å². The molecule has 0 unspecified atom stereocenters. The number of piperidine rings is 1. The van der Waals surface area contributed by atoms with E-state index in [4.69, 9.17) is 0 Å². The highest BCUT2D eigenvalue weighted by Crippen LogP contribution is 2.32. The first-order valence-electron chi connectivity index (χ1n) is 12.2. The van der Waals surface area contributed by atoms with Crippen LogP contribution in [-0.2, 0) is 10.0 Å². The number of carbonyl (C=O) groups excluding carboxylic acids is 1. The molecule has 2 amide bonds. The van der Waals surface area contributed by atoms with Gasteiger partial charge in [-0.3, -0.25) is 5.32 Å². The number of carbonyl (C=O) groups is 1. The van der Waals surface area contributed by atoms with E-state index < -0.39 is 10.0 Å². The number of hydrogen-bond acceptors (Lipinski definition) is 6. The van der Waals surface area contributed by atoms with Crippen LogP contribution in [-0.4, -0.2) is 55.5 Å². The van der Waals surface area contributed by atoms with Crippen LogP contribution in [0.1, 0.15) is 82.7 Å². The van der Waals surface area contributed by atoms with Crippen molar-refractivity contribution in [3.8, 4) is 0 Å². The Bertz CT molecular complexity index is 852. The summed E-state index contributed by atoms with van der Waals surface area (Å²) in [6, 6.07) is 0.372. The zero-order valence-electron chi connectivity index (χ0n) is 19.1. The Morgan fingerprint density at radius 2 is 1.53 bits per heavy atom. The molecule has 8 nitrogen and oxygen atoms in total. The molecule has 3 fully saturated rings. The Kier molecular flexibility index (Phi) is 8.07. The van der Waals surface area contributed by atoms with Crippen molar-refractivity contribution in [2.45, 2.75) is 106 Å². The molecule has 1 saturated heterocycles. The fourth-order valence-corrected chi connectivity index (χ4v) is 8.13. The van der Waals surface area contributed by atoms with Gasteiger partial charge in [-0.25, -0.2) is 22.9 Å². The van der Waals surface area contributed by atoms with Crippen LogP contribution in [0.4, 0.5) is 9.93 Å². The van der Waals surface area contributed by atoms with E-state index in [1.807, 2.05) is 0 Å². The molecule has 180 valence electrons. The predicted octanol–water partition coefficient (Wildman–Crippen LogP) is 3.98. The molecule has 0 aromatic carbocycles. The predicted molar refractivity (Wildman–Crippen MR) is 128 cm³/mol. The molecule has 4 rings (SSSR count). The molecule has 2 aliphatic carbocycles. The molecule has 0 radical (unpaired) electrons. The van der Waals surface area contributed by atoms with Gasteiger partial charge in [-0.2, -0.15) is 0 Å². The van der Waals surface area contributed by atoms with Gasteiger partial charge in [0.25, 0.3) is 10.0 Å². The van der Waals surface area contributed by atoms with Gasteiger partial charge in [0.05, 0.1) is 5.69 Å². The summed E-state index contributed by atoms with van der Waals surface area (Å²) < 4.78 is 29.0. The Hall–Kier alpha value is -1.23. The van der Waals surface area contributed by atoms with E-state index in [0.29, 0.717) is 10.8 Å². The molecule has 0 spiro atoms.